The van der Waals surface area contributed by atoms with Gasteiger partial charge in [0.15, 0.2) is 0 Å². The van der Waals surface area contributed by atoms with Crippen molar-refractivity contribution in [3.63, 3.8) is 0 Å². The largest absolute Gasteiger partial charge is 0.360 e. The van der Waals surface area contributed by atoms with Gasteiger partial charge in [-0.1, -0.05) is 44.0 Å². The van der Waals surface area contributed by atoms with Crippen LogP contribution in [0.4, 0.5) is 0 Å². The smallest absolute Gasteiger partial charge is 0.325 e. The second-order valence-electron chi connectivity index (χ2n) is 5.04. The van der Waals surface area contributed by atoms with Crippen LogP contribution in [0.25, 0.3) is 0 Å². The molecule has 1 aromatic carbocycles. The number of nitrogens with zero attached hydrogens (tertiary/aromatic N) is 3. The van der Waals surface area contributed by atoms with Gasteiger partial charge in [-0.2, -0.15) is 0 Å². The Morgan fingerprint density at radius 2 is 1.24 bits per heavy atom. The topological polar surface area (TPSA) is 9.72 Å². The Bertz CT molecular complexity index is 359. The van der Waals surface area contributed by atoms with Crippen LogP contribution < -0.4 is 5.46 Å². The van der Waals surface area contributed by atoms with Crippen LogP contribution in [0.5, 0.6) is 0 Å². The average molecular weight is 227 g/mol. The van der Waals surface area contributed by atoms with Gasteiger partial charge in [0.25, 0.3) is 14.0 Å². The summed E-state index contributed by atoms with van der Waals surface area (Å²) < 4.78 is 7.21. The van der Waals surface area contributed by atoms with Crippen LogP contribution in [0.15, 0.2) is 30.3 Å². The molecule has 1 aromatic rings. The van der Waals surface area contributed by atoms with Crippen LogP contribution in [-0.2, 0) is 0 Å². The summed E-state index contributed by atoms with van der Waals surface area (Å²) in [5.74, 6) is 0. The Morgan fingerprint density at radius 1 is 0.765 bits per heavy atom. The minimum absolute atomic E-state index is 0.359. The van der Waals surface area contributed by atoms with Gasteiger partial charge in [0.1, 0.15) is 0 Å². The molecular weight excluding hydrogens is 207 g/mol. The first kappa shape index (κ1) is 12.7. The molecule has 0 aliphatic carbocycles. The predicted octanol–water partition coefficient (Wildman–Crippen LogP) is 0.427. The van der Waals surface area contributed by atoms with Crippen LogP contribution in [0, 0.1) is 0 Å². The third-order valence-electron chi connectivity index (χ3n) is 4.23. The Hall–Kier alpha value is -0.705. The summed E-state index contributed by atoms with van der Waals surface area (Å²) >= 11 is 0. The van der Waals surface area contributed by atoms with Crippen molar-refractivity contribution < 1.29 is 0 Å². The third kappa shape index (κ3) is 2.17. The first-order valence-corrected chi connectivity index (χ1v) is 6.24. The van der Waals surface area contributed by atoms with Crippen LogP contribution in [-0.4, -0.2) is 56.3 Å². The number of rotatable bonds is 1. The molecule has 0 bridgehead atoms. The Kier molecular flexibility index (Phi) is 3.66. The van der Waals surface area contributed by atoms with Crippen LogP contribution in [0.3, 0.4) is 0 Å². The van der Waals surface area contributed by atoms with Gasteiger partial charge >= 0.3 is 6.98 Å². The fraction of sp³-hybridized carbons (Fsp3) is 0.455. The summed E-state index contributed by atoms with van der Waals surface area (Å²) in [6, 6.07) is 10.7. The van der Waals surface area contributed by atoms with Crippen molar-refractivity contribution in [1.82, 2.24) is 14.2 Å². The van der Waals surface area contributed by atoms with Crippen molar-refractivity contribution in [3.8, 4) is 0 Å². The molecule has 1 aliphatic heterocycles. The van der Waals surface area contributed by atoms with Crippen molar-refractivity contribution in [2.75, 3.05) is 21.1 Å². The maximum absolute atomic E-state index is 2.41. The molecule has 0 N–H and O–H groups in total. The van der Waals surface area contributed by atoms with E-state index in [1.807, 2.05) is 0 Å². The molecule has 0 saturated carbocycles. The molecule has 1 saturated heterocycles. The standard InChI is InChI=1S/C11H20B3N3/c1-12-15(3)13(2)17(5)14(16(12)4)11-9-7-6-8-10-11/h6-10H,1-5H3. The SMILES string of the molecule is CB1N(C)B(C)N(C)B(c2ccccc2)N1C. The number of benzene rings is 1. The van der Waals surface area contributed by atoms with E-state index in [-0.39, 0.29) is 0 Å². The lowest BCUT2D eigenvalue weighted by Crippen LogP contribution is -2.76. The van der Waals surface area contributed by atoms with Crippen molar-refractivity contribution in [2.24, 2.45) is 0 Å². The summed E-state index contributed by atoms with van der Waals surface area (Å²) in [5, 5.41) is 0. The van der Waals surface area contributed by atoms with Crippen molar-refractivity contribution in [1.29, 1.82) is 0 Å². The quantitative estimate of drug-likeness (QED) is 0.643. The van der Waals surface area contributed by atoms with Gasteiger partial charge < -0.3 is 14.2 Å². The summed E-state index contributed by atoms with van der Waals surface area (Å²) in [7, 11) is 6.58. The zero-order chi connectivity index (χ0) is 12.6. The summed E-state index contributed by atoms with van der Waals surface area (Å²) in [4.78, 5) is 0. The summed E-state index contributed by atoms with van der Waals surface area (Å²) in [6.07, 6.45) is 0. The van der Waals surface area contributed by atoms with E-state index in [0.717, 1.165) is 0 Å². The van der Waals surface area contributed by atoms with Gasteiger partial charge in [0.2, 0.25) is 0 Å². The number of hydrogen-bond donors (Lipinski definition) is 0. The van der Waals surface area contributed by atoms with Crippen molar-refractivity contribution in [3.05, 3.63) is 30.3 Å². The van der Waals surface area contributed by atoms with Crippen LogP contribution >= 0.6 is 0 Å². The Morgan fingerprint density at radius 3 is 1.71 bits per heavy atom. The lowest BCUT2D eigenvalue weighted by atomic mass is 9.43. The monoisotopic (exact) mass is 227 g/mol. The molecule has 0 radical (unpaired) electrons. The van der Waals surface area contributed by atoms with E-state index in [2.05, 4.69) is 79.3 Å². The van der Waals surface area contributed by atoms with Crippen molar-refractivity contribution in [2.45, 2.75) is 13.6 Å². The van der Waals surface area contributed by atoms with E-state index < -0.39 is 0 Å². The molecule has 6 heteroatoms. The molecule has 0 amide bonds. The first-order valence-electron chi connectivity index (χ1n) is 6.24. The summed E-state index contributed by atoms with van der Waals surface area (Å²) in [6.45, 7) is 5.79. The maximum Gasteiger partial charge on any atom is 0.325 e. The molecule has 88 valence electrons. The van der Waals surface area contributed by atoms with E-state index in [1.165, 1.54) is 5.46 Å². The highest BCUT2D eigenvalue weighted by Gasteiger charge is 2.44. The lowest BCUT2D eigenvalue weighted by Gasteiger charge is -2.48. The number of hydrogen-bond acceptors (Lipinski definition) is 3. The van der Waals surface area contributed by atoms with E-state index in [4.69, 9.17) is 0 Å². The minimum atomic E-state index is 0.359. The van der Waals surface area contributed by atoms with Crippen LogP contribution in [0.2, 0.25) is 13.6 Å². The highest BCUT2D eigenvalue weighted by molar-refractivity contribution is 6.90. The maximum atomic E-state index is 2.41. The molecule has 3 nitrogen and oxygen atoms in total. The highest BCUT2D eigenvalue weighted by Crippen LogP contribution is 2.14. The minimum Gasteiger partial charge on any atom is -0.360 e. The second-order valence-corrected chi connectivity index (χ2v) is 5.04. The van der Waals surface area contributed by atoms with E-state index in [9.17, 15) is 0 Å². The highest BCUT2D eigenvalue weighted by atomic mass is 15.3. The fourth-order valence-electron chi connectivity index (χ4n) is 2.68. The predicted molar refractivity (Wildman–Crippen MR) is 78.4 cm³/mol. The Balaban J connectivity index is 2.33. The molecular formula is C11H20B3N3. The normalized spacial score (nSPS) is 20.2. The van der Waals surface area contributed by atoms with E-state index >= 15 is 0 Å². The molecule has 0 spiro atoms. The average Bonchev–Trinajstić information content (AvgIpc) is 2.36. The van der Waals surface area contributed by atoms with Gasteiger partial charge in [-0.25, -0.2) is 0 Å². The van der Waals surface area contributed by atoms with Gasteiger partial charge in [-0.05, 0) is 26.6 Å². The molecule has 0 atom stereocenters. The Labute approximate surface area is 106 Å². The molecule has 0 unspecified atom stereocenters. The molecule has 0 aromatic heterocycles. The fourth-order valence-corrected chi connectivity index (χ4v) is 2.68. The van der Waals surface area contributed by atoms with Gasteiger partial charge in [0.05, 0.1) is 0 Å². The zero-order valence-electron chi connectivity index (χ0n) is 11.5. The van der Waals surface area contributed by atoms with Crippen molar-refractivity contribution >= 4 is 26.4 Å². The van der Waals surface area contributed by atoms with Crippen LogP contribution in [0.1, 0.15) is 0 Å². The molecule has 1 fully saturated rings. The molecule has 1 aliphatic rings. The summed E-state index contributed by atoms with van der Waals surface area (Å²) in [5.41, 5.74) is 1.37. The van der Waals surface area contributed by atoms with E-state index in [0.29, 0.717) is 20.9 Å². The van der Waals surface area contributed by atoms with E-state index in [1.54, 1.807) is 0 Å². The molecule has 2 rings (SSSR count). The molecule has 1 heterocycles. The third-order valence-corrected chi connectivity index (χ3v) is 4.23. The zero-order valence-corrected chi connectivity index (χ0v) is 11.5. The van der Waals surface area contributed by atoms with Gasteiger partial charge in [-0.3, -0.25) is 0 Å². The van der Waals surface area contributed by atoms with Gasteiger partial charge in [0, 0.05) is 0 Å². The first-order chi connectivity index (χ1) is 8.04. The molecule has 17 heavy (non-hydrogen) atoms. The lowest BCUT2D eigenvalue weighted by molar-refractivity contribution is 0.550. The van der Waals surface area contributed by atoms with Gasteiger partial charge in [-0.15, -0.1) is 0 Å². The second kappa shape index (κ2) is 4.88.